The zero-order valence-electron chi connectivity index (χ0n) is 20.4. The van der Waals surface area contributed by atoms with Crippen molar-refractivity contribution in [2.45, 2.75) is 40.2 Å². The predicted octanol–water partition coefficient (Wildman–Crippen LogP) is 5.60. The van der Waals surface area contributed by atoms with Crippen LogP contribution in [0, 0.1) is 5.92 Å². The molecule has 1 N–H and O–H groups in total. The molecule has 6 heteroatoms. The van der Waals surface area contributed by atoms with Crippen LogP contribution in [-0.4, -0.2) is 41.4 Å². The van der Waals surface area contributed by atoms with E-state index in [1.165, 1.54) is 0 Å². The van der Waals surface area contributed by atoms with Gasteiger partial charge in [0.25, 0.3) is 0 Å². The fraction of sp³-hybridized carbons (Fsp3) is 0.357. The molecule has 6 nitrogen and oxygen atoms in total. The van der Waals surface area contributed by atoms with E-state index in [0.29, 0.717) is 19.6 Å². The lowest BCUT2D eigenvalue weighted by atomic mass is 10.1. The van der Waals surface area contributed by atoms with Gasteiger partial charge in [-0.3, -0.25) is 4.79 Å². The summed E-state index contributed by atoms with van der Waals surface area (Å²) >= 11 is 0. The number of hydrogen-bond donors (Lipinski definition) is 1. The normalized spacial score (nSPS) is 10.8. The summed E-state index contributed by atoms with van der Waals surface area (Å²) in [6.45, 7) is 7.54. The molecule has 2 aromatic carbocycles. The summed E-state index contributed by atoms with van der Waals surface area (Å²) in [4.78, 5) is 30.0. The Morgan fingerprint density at radius 3 is 2.35 bits per heavy atom. The number of carbonyl (C=O) groups excluding carboxylic acids is 2. The summed E-state index contributed by atoms with van der Waals surface area (Å²) < 4.78 is 5.50. The Bertz CT molecular complexity index is 1030. The molecular formula is C28H35N3O3. The van der Waals surface area contributed by atoms with E-state index in [0.717, 1.165) is 35.4 Å². The maximum Gasteiger partial charge on any atom is 0.322 e. The molecule has 0 bridgehead atoms. The van der Waals surface area contributed by atoms with Gasteiger partial charge in [0.15, 0.2) is 0 Å². The third-order valence-corrected chi connectivity index (χ3v) is 5.63. The van der Waals surface area contributed by atoms with Crippen LogP contribution in [0.2, 0.25) is 0 Å². The first-order valence-electron chi connectivity index (χ1n) is 11.9. The van der Waals surface area contributed by atoms with Crippen molar-refractivity contribution in [2.75, 3.05) is 25.0 Å². The first kappa shape index (κ1) is 25.1. The van der Waals surface area contributed by atoms with Crippen LogP contribution in [0.5, 0.6) is 0 Å². The van der Waals surface area contributed by atoms with Crippen LogP contribution < -0.4 is 5.32 Å². The number of rotatable bonds is 11. The molecule has 0 aliphatic carbocycles. The first-order valence-corrected chi connectivity index (χ1v) is 11.9. The van der Waals surface area contributed by atoms with Crippen LogP contribution >= 0.6 is 0 Å². The Hall–Kier alpha value is -3.54. The summed E-state index contributed by atoms with van der Waals surface area (Å²) in [6, 6.07) is 21.3. The molecule has 0 aliphatic rings. The molecule has 0 radical (unpaired) electrons. The zero-order valence-corrected chi connectivity index (χ0v) is 20.4. The molecule has 0 aliphatic heterocycles. The summed E-state index contributed by atoms with van der Waals surface area (Å²) in [5, 5.41) is 3.01. The van der Waals surface area contributed by atoms with Gasteiger partial charge in [0.1, 0.15) is 12.3 Å². The standard InChI is InChI=1S/C28H35N3O3/c1-4-24-13-8-9-15-26(24)29-28(33)31(19-22(2)3)21-27(32)30(20-25-14-10-18-34-25)17-16-23-11-6-5-7-12-23/h5-15,18,22H,4,16-17,19-21H2,1-3H3,(H,29,33). The van der Waals surface area contributed by atoms with Crippen molar-refractivity contribution in [2.24, 2.45) is 5.92 Å². The van der Waals surface area contributed by atoms with E-state index >= 15 is 0 Å². The van der Waals surface area contributed by atoms with Crippen molar-refractivity contribution < 1.29 is 14.0 Å². The molecular weight excluding hydrogens is 426 g/mol. The quantitative estimate of drug-likeness (QED) is 0.404. The number of para-hydroxylation sites is 1. The van der Waals surface area contributed by atoms with E-state index < -0.39 is 0 Å². The number of anilines is 1. The van der Waals surface area contributed by atoms with Crippen LogP contribution in [0.25, 0.3) is 0 Å². The molecule has 0 unspecified atom stereocenters. The molecule has 180 valence electrons. The Balaban J connectivity index is 1.73. The highest BCUT2D eigenvalue weighted by atomic mass is 16.3. The van der Waals surface area contributed by atoms with E-state index in [-0.39, 0.29) is 24.4 Å². The number of benzene rings is 2. The van der Waals surface area contributed by atoms with Crippen LogP contribution in [0.15, 0.2) is 77.4 Å². The molecule has 0 saturated carbocycles. The number of aryl methyl sites for hydroxylation is 1. The molecule has 1 heterocycles. The Kier molecular flexibility index (Phi) is 9.32. The lowest BCUT2D eigenvalue weighted by Gasteiger charge is -2.29. The minimum absolute atomic E-state index is 0.00774. The maximum atomic E-state index is 13.4. The van der Waals surface area contributed by atoms with Gasteiger partial charge >= 0.3 is 6.03 Å². The van der Waals surface area contributed by atoms with E-state index in [2.05, 4.69) is 24.4 Å². The second kappa shape index (κ2) is 12.6. The van der Waals surface area contributed by atoms with Gasteiger partial charge < -0.3 is 19.5 Å². The highest BCUT2D eigenvalue weighted by Crippen LogP contribution is 2.17. The average molecular weight is 462 g/mol. The van der Waals surface area contributed by atoms with Gasteiger partial charge in [-0.2, -0.15) is 0 Å². The Labute approximate surface area is 202 Å². The number of furan rings is 1. The number of nitrogens with one attached hydrogen (secondary N) is 1. The second-order valence-corrected chi connectivity index (χ2v) is 8.85. The van der Waals surface area contributed by atoms with Crippen LogP contribution in [0.3, 0.4) is 0 Å². The maximum absolute atomic E-state index is 13.4. The molecule has 0 fully saturated rings. The van der Waals surface area contributed by atoms with E-state index in [4.69, 9.17) is 4.42 Å². The van der Waals surface area contributed by atoms with Gasteiger partial charge in [-0.1, -0.05) is 69.3 Å². The van der Waals surface area contributed by atoms with Crippen molar-refractivity contribution in [1.82, 2.24) is 9.80 Å². The minimum Gasteiger partial charge on any atom is -0.467 e. The topological polar surface area (TPSA) is 65.8 Å². The van der Waals surface area contributed by atoms with E-state index in [1.54, 1.807) is 16.1 Å². The van der Waals surface area contributed by atoms with Crippen molar-refractivity contribution in [3.63, 3.8) is 0 Å². The Morgan fingerprint density at radius 1 is 0.941 bits per heavy atom. The molecule has 0 spiro atoms. The lowest BCUT2D eigenvalue weighted by Crippen LogP contribution is -2.46. The summed E-state index contributed by atoms with van der Waals surface area (Å²) in [6.07, 6.45) is 3.16. The van der Waals surface area contributed by atoms with Gasteiger partial charge in [-0.05, 0) is 48.1 Å². The molecule has 1 aromatic heterocycles. The molecule has 3 rings (SSSR count). The van der Waals surface area contributed by atoms with Gasteiger partial charge in [0, 0.05) is 18.8 Å². The van der Waals surface area contributed by atoms with Crippen LogP contribution in [0.1, 0.15) is 37.7 Å². The summed E-state index contributed by atoms with van der Waals surface area (Å²) in [5.41, 5.74) is 3.01. The van der Waals surface area contributed by atoms with Crippen LogP contribution in [-0.2, 0) is 24.2 Å². The van der Waals surface area contributed by atoms with E-state index in [9.17, 15) is 9.59 Å². The fourth-order valence-electron chi connectivity index (χ4n) is 3.86. The van der Waals surface area contributed by atoms with Crippen molar-refractivity contribution in [1.29, 1.82) is 0 Å². The number of hydrogen-bond acceptors (Lipinski definition) is 3. The molecule has 0 atom stereocenters. The number of nitrogens with zero attached hydrogens (tertiary/aromatic N) is 2. The largest absolute Gasteiger partial charge is 0.467 e. The highest BCUT2D eigenvalue weighted by molar-refractivity contribution is 5.93. The molecule has 34 heavy (non-hydrogen) atoms. The van der Waals surface area contributed by atoms with E-state index in [1.807, 2.05) is 68.4 Å². The van der Waals surface area contributed by atoms with Gasteiger partial charge in [0.2, 0.25) is 5.91 Å². The first-order chi connectivity index (χ1) is 16.5. The number of urea groups is 1. The van der Waals surface area contributed by atoms with Gasteiger partial charge in [0.05, 0.1) is 12.8 Å². The smallest absolute Gasteiger partial charge is 0.322 e. The average Bonchev–Trinajstić information content (AvgIpc) is 3.35. The minimum atomic E-state index is -0.260. The predicted molar refractivity (Wildman–Crippen MR) is 136 cm³/mol. The van der Waals surface area contributed by atoms with Crippen molar-refractivity contribution >= 4 is 17.6 Å². The van der Waals surface area contributed by atoms with Crippen molar-refractivity contribution in [3.8, 4) is 0 Å². The second-order valence-electron chi connectivity index (χ2n) is 8.85. The lowest BCUT2D eigenvalue weighted by molar-refractivity contribution is -0.132. The summed E-state index contributed by atoms with van der Waals surface area (Å²) in [5.74, 6) is 0.841. The monoisotopic (exact) mass is 461 g/mol. The molecule has 3 amide bonds. The zero-order chi connectivity index (χ0) is 24.3. The third-order valence-electron chi connectivity index (χ3n) is 5.63. The van der Waals surface area contributed by atoms with Gasteiger partial charge in [-0.25, -0.2) is 4.79 Å². The SMILES string of the molecule is CCc1ccccc1NC(=O)N(CC(=O)N(CCc1ccccc1)Cc1ccco1)CC(C)C. The molecule has 3 aromatic rings. The van der Waals surface area contributed by atoms with Crippen molar-refractivity contribution in [3.05, 3.63) is 89.9 Å². The highest BCUT2D eigenvalue weighted by Gasteiger charge is 2.23. The Morgan fingerprint density at radius 2 is 1.68 bits per heavy atom. The molecule has 0 saturated heterocycles. The van der Waals surface area contributed by atoms with Gasteiger partial charge in [-0.15, -0.1) is 0 Å². The number of carbonyl (C=O) groups is 2. The fourth-order valence-corrected chi connectivity index (χ4v) is 3.86. The summed E-state index contributed by atoms with van der Waals surface area (Å²) in [7, 11) is 0. The number of amides is 3. The third kappa shape index (κ3) is 7.51. The van der Waals surface area contributed by atoms with Crippen LogP contribution in [0.4, 0.5) is 10.5 Å².